The molecule has 0 atom stereocenters. The summed E-state index contributed by atoms with van der Waals surface area (Å²) >= 11 is 0. The number of hydrogen-bond donors (Lipinski definition) is 2. The van der Waals surface area contributed by atoms with Gasteiger partial charge in [0.05, 0.1) is 0 Å². The van der Waals surface area contributed by atoms with Gasteiger partial charge < -0.3 is 20.1 Å². The van der Waals surface area contributed by atoms with E-state index in [0.717, 1.165) is 38.5 Å². The van der Waals surface area contributed by atoms with E-state index in [1.165, 1.54) is 140 Å². The van der Waals surface area contributed by atoms with Crippen molar-refractivity contribution < 1.29 is 19.1 Å². The number of rotatable bonds is 31. The molecule has 0 fully saturated rings. The number of nitrogens with one attached hydrogen (secondary N) is 2. The van der Waals surface area contributed by atoms with E-state index < -0.39 is 12.2 Å². The highest BCUT2D eigenvalue weighted by molar-refractivity contribution is 5.70. The first kappa shape index (κ1) is 43.1. The van der Waals surface area contributed by atoms with Crippen molar-refractivity contribution in [2.75, 3.05) is 13.1 Å². The van der Waals surface area contributed by atoms with E-state index in [1.807, 2.05) is 24.3 Å². The van der Waals surface area contributed by atoms with Crippen molar-refractivity contribution in [2.24, 2.45) is 0 Å². The van der Waals surface area contributed by atoms with Crippen molar-refractivity contribution in [1.82, 2.24) is 10.6 Å². The topological polar surface area (TPSA) is 76.7 Å². The minimum Gasteiger partial charge on any atom is -0.410 e. The van der Waals surface area contributed by atoms with E-state index in [2.05, 4.69) is 48.7 Å². The summed E-state index contributed by atoms with van der Waals surface area (Å²) in [6, 6.07) is 15.8. The average molecular weight is 693 g/mol. The largest absolute Gasteiger partial charge is 0.412 e. The van der Waals surface area contributed by atoms with Crippen molar-refractivity contribution >= 4 is 12.2 Å². The summed E-state index contributed by atoms with van der Waals surface area (Å²) < 4.78 is 10.9. The molecule has 0 saturated carbocycles. The number of carbonyl (C=O) groups excluding carboxylic acids is 2. The van der Waals surface area contributed by atoms with Crippen molar-refractivity contribution in [3.05, 3.63) is 59.7 Å². The molecule has 0 spiro atoms. The molecule has 2 amide bonds. The van der Waals surface area contributed by atoms with Gasteiger partial charge in [0.1, 0.15) is 11.5 Å². The average Bonchev–Trinajstić information content (AvgIpc) is 3.12. The van der Waals surface area contributed by atoms with Crippen molar-refractivity contribution in [1.29, 1.82) is 0 Å². The van der Waals surface area contributed by atoms with E-state index >= 15 is 0 Å². The van der Waals surface area contributed by atoms with Gasteiger partial charge in [0.15, 0.2) is 0 Å². The van der Waals surface area contributed by atoms with Crippen LogP contribution in [-0.4, -0.2) is 25.3 Å². The minimum absolute atomic E-state index is 0.413. The summed E-state index contributed by atoms with van der Waals surface area (Å²) in [7, 11) is 0. The number of benzene rings is 2. The van der Waals surface area contributed by atoms with Gasteiger partial charge in [-0.2, -0.15) is 0 Å². The Balaban J connectivity index is 1.40. The first-order chi connectivity index (χ1) is 24.6. The van der Waals surface area contributed by atoms with Gasteiger partial charge >= 0.3 is 12.2 Å². The number of hydrogen-bond acceptors (Lipinski definition) is 4. The lowest BCUT2D eigenvalue weighted by Crippen LogP contribution is -2.28. The number of aryl methyl sites for hydroxylation is 2. The van der Waals surface area contributed by atoms with Gasteiger partial charge in [0.25, 0.3) is 0 Å². The highest BCUT2D eigenvalue weighted by Crippen LogP contribution is 2.18. The van der Waals surface area contributed by atoms with Crippen LogP contribution >= 0.6 is 0 Å². The smallest absolute Gasteiger partial charge is 0.410 e. The molecule has 2 aromatic rings. The first-order valence-corrected chi connectivity index (χ1v) is 20.7. The van der Waals surface area contributed by atoms with Gasteiger partial charge in [-0.1, -0.05) is 167 Å². The Kier molecular flexibility index (Phi) is 26.6. The zero-order valence-electron chi connectivity index (χ0n) is 32.1. The molecule has 282 valence electrons. The summed E-state index contributed by atoms with van der Waals surface area (Å²) in [5.41, 5.74) is 2.59. The van der Waals surface area contributed by atoms with E-state index in [-0.39, 0.29) is 0 Å². The third-order valence-electron chi connectivity index (χ3n) is 9.55. The molecule has 50 heavy (non-hydrogen) atoms. The van der Waals surface area contributed by atoms with Crippen LogP contribution in [-0.2, 0) is 12.8 Å². The zero-order valence-corrected chi connectivity index (χ0v) is 32.1. The van der Waals surface area contributed by atoms with Gasteiger partial charge in [-0.3, -0.25) is 0 Å². The van der Waals surface area contributed by atoms with Crippen LogP contribution in [0.25, 0.3) is 0 Å². The fraction of sp³-hybridized carbons (Fsp3) is 0.682. The molecule has 0 aromatic heterocycles. The van der Waals surface area contributed by atoms with Gasteiger partial charge in [0, 0.05) is 13.1 Å². The molecule has 0 heterocycles. The molecule has 2 N–H and O–H groups in total. The lowest BCUT2D eigenvalue weighted by atomic mass is 10.0. The summed E-state index contributed by atoms with van der Waals surface area (Å²) in [4.78, 5) is 24.3. The number of amides is 2. The fourth-order valence-electron chi connectivity index (χ4n) is 6.35. The van der Waals surface area contributed by atoms with Gasteiger partial charge in [-0.15, -0.1) is 0 Å². The summed E-state index contributed by atoms with van der Waals surface area (Å²) in [5, 5.41) is 5.67. The Bertz CT molecular complexity index is 999. The molecule has 0 aliphatic carbocycles. The molecule has 0 unspecified atom stereocenters. The Labute approximate surface area is 306 Å². The number of carbonyl (C=O) groups is 2. The molecule has 0 radical (unpaired) electrons. The molecule has 6 nitrogen and oxygen atoms in total. The molecule has 6 heteroatoms. The quantitative estimate of drug-likeness (QED) is 0.0771. The first-order valence-electron chi connectivity index (χ1n) is 20.7. The standard InChI is InChI=1S/C44H72N2O4/c1-3-5-7-9-11-13-15-17-19-23-27-39-29-33-41(34-30-39)49-43(47)45-37-25-21-22-26-38-46-44(48)50-42-35-31-40(32-36-42)28-24-20-18-16-14-12-10-8-6-4-2/h29-36H,3-28,37-38H2,1-2H3,(H,45,47)(H,46,48). The summed E-state index contributed by atoms with van der Waals surface area (Å²) in [6.45, 7) is 5.68. The zero-order chi connectivity index (χ0) is 35.7. The Morgan fingerprint density at radius 2 is 0.680 bits per heavy atom. The second-order valence-corrected chi connectivity index (χ2v) is 14.2. The molecule has 2 aromatic carbocycles. The third kappa shape index (κ3) is 24.2. The van der Waals surface area contributed by atoms with Gasteiger partial charge in [0.2, 0.25) is 0 Å². The fourth-order valence-corrected chi connectivity index (χ4v) is 6.35. The maximum Gasteiger partial charge on any atom is 0.412 e. The Morgan fingerprint density at radius 3 is 1.00 bits per heavy atom. The van der Waals surface area contributed by atoms with Crippen LogP contribution in [0.5, 0.6) is 11.5 Å². The third-order valence-corrected chi connectivity index (χ3v) is 9.55. The molecule has 0 bridgehead atoms. The normalized spacial score (nSPS) is 11.0. The maximum absolute atomic E-state index is 12.2. The lowest BCUT2D eigenvalue weighted by molar-refractivity contribution is 0.198. The van der Waals surface area contributed by atoms with E-state index in [9.17, 15) is 9.59 Å². The van der Waals surface area contributed by atoms with Crippen LogP contribution in [0.4, 0.5) is 9.59 Å². The van der Waals surface area contributed by atoms with Crippen LogP contribution in [0.1, 0.15) is 179 Å². The monoisotopic (exact) mass is 693 g/mol. The van der Waals surface area contributed by atoms with Crippen LogP contribution in [0.3, 0.4) is 0 Å². The molecule has 0 aliphatic rings. The van der Waals surface area contributed by atoms with E-state index in [4.69, 9.17) is 9.47 Å². The maximum atomic E-state index is 12.2. The predicted octanol–water partition coefficient (Wildman–Crippen LogP) is 13.1. The molecule has 0 saturated heterocycles. The van der Waals surface area contributed by atoms with Crippen molar-refractivity contribution in [3.8, 4) is 11.5 Å². The SMILES string of the molecule is CCCCCCCCCCCCc1ccc(OC(=O)NCCCCCCNC(=O)Oc2ccc(CCCCCCCCCCCC)cc2)cc1. The van der Waals surface area contributed by atoms with Crippen molar-refractivity contribution in [2.45, 2.75) is 181 Å². The van der Waals surface area contributed by atoms with E-state index in [0.29, 0.717) is 24.6 Å². The lowest BCUT2D eigenvalue weighted by Gasteiger charge is -2.09. The highest BCUT2D eigenvalue weighted by atomic mass is 16.6. The Morgan fingerprint density at radius 1 is 0.400 bits per heavy atom. The molecular weight excluding hydrogens is 620 g/mol. The highest BCUT2D eigenvalue weighted by Gasteiger charge is 2.06. The summed E-state index contributed by atoms with van der Waals surface area (Å²) in [6.07, 6.45) is 31.9. The second kappa shape index (κ2) is 30.8. The van der Waals surface area contributed by atoms with E-state index in [1.54, 1.807) is 0 Å². The van der Waals surface area contributed by atoms with Crippen LogP contribution < -0.4 is 20.1 Å². The predicted molar refractivity (Wildman–Crippen MR) is 211 cm³/mol. The van der Waals surface area contributed by atoms with Crippen LogP contribution in [0.2, 0.25) is 0 Å². The van der Waals surface area contributed by atoms with Crippen molar-refractivity contribution in [3.63, 3.8) is 0 Å². The van der Waals surface area contributed by atoms with Gasteiger partial charge in [-0.25, -0.2) is 9.59 Å². The molecule has 2 rings (SSSR count). The Hall–Kier alpha value is -3.02. The number of unbranched alkanes of at least 4 members (excludes halogenated alkanes) is 21. The van der Waals surface area contributed by atoms with Gasteiger partial charge in [-0.05, 0) is 73.9 Å². The molecular formula is C44H72N2O4. The summed E-state index contributed by atoms with van der Waals surface area (Å²) in [5.74, 6) is 1.15. The molecule has 0 aliphatic heterocycles. The second-order valence-electron chi connectivity index (χ2n) is 14.2. The number of ether oxygens (including phenoxy) is 2. The van der Waals surface area contributed by atoms with Crippen LogP contribution in [0, 0.1) is 0 Å². The minimum atomic E-state index is -0.413. The van der Waals surface area contributed by atoms with Crippen LogP contribution in [0.15, 0.2) is 48.5 Å².